The number of rotatable bonds is 0. The van der Waals surface area contributed by atoms with Crippen molar-refractivity contribution in [1.82, 2.24) is 0 Å². The van der Waals surface area contributed by atoms with E-state index in [2.05, 4.69) is 0 Å². The van der Waals surface area contributed by atoms with E-state index in [4.69, 9.17) is 57.8 Å². The van der Waals surface area contributed by atoms with Gasteiger partial charge in [0.05, 0.1) is 0 Å². The first-order valence-electron chi connectivity index (χ1n) is 0.802. The second-order valence-electron chi connectivity index (χ2n) is 0.758. The minimum Gasteiger partial charge on any atom is -0.693 e. The van der Waals surface area contributed by atoms with Gasteiger partial charge in [-0.3, -0.25) is 0 Å². The average molecular weight is 419 g/mol. The summed E-state index contributed by atoms with van der Waals surface area (Å²) in [6, 6.07) is 0. The van der Waals surface area contributed by atoms with Crippen LogP contribution in [-0.2, 0) is 6.64 Å². The van der Waals surface area contributed by atoms with E-state index in [1.807, 2.05) is 0 Å². The minimum atomic E-state index is -5.38. The summed E-state index contributed by atoms with van der Waals surface area (Å²) in [5.41, 5.74) is 0. The number of hydrogen-bond donors (Lipinski definition) is 0. The van der Waals surface area contributed by atoms with Gasteiger partial charge in [-0.15, -0.1) is 0 Å². The van der Waals surface area contributed by atoms with Crippen molar-refractivity contribution in [1.29, 1.82) is 0 Å². The Hall–Kier alpha value is 2.34. The first-order chi connectivity index (χ1) is 2.45. The average Bonchev–Trinajstić information content (AvgIpc) is 0.592. The number of nitrogens with two attached hydrogens (primary N) is 1. The monoisotopic (exact) mass is 418 g/mol. The Morgan fingerprint density at radius 1 is 0.625 bits per heavy atom. The molecule has 8 heavy (non-hydrogen) atoms. The molecule has 58 valence electrons. The molecule has 0 aliphatic carbocycles. The maximum Gasteiger partial charge on any atom is -0.693 e. The molecule has 0 atom stereocenters. The normalized spacial score (nSPS) is 20.2. The van der Waals surface area contributed by atoms with Gasteiger partial charge in [-0.25, -0.2) is 0 Å². The molecule has 0 unspecified atom stereocenters. The fourth-order valence-corrected chi connectivity index (χ4v) is 0. The van der Waals surface area contributed by atoms with Gasteiger partial charge in [-0.1, -0.05) is 0 Å². The van der Waals surface area contributed by atoms with Crippen molar-refractivity contribution in [2.45, 2.75) is 0 Å². The molecular formula is H2Cl6NOs-. The predicted molar refractivity (Wildman–Crippen MR) is 40.4 cm³/mol. The van der Waals surface area contributed by atoms with Gasteiger partial charge in [0.2, 0.25) is 0 Å². The first-order valence-corrected chi connectivity index (χ1v) is 19.7. The molecule has 0 saturated heterocycles. The Morgan fingerprint density at radius 3 is 0.625 bits per heavy atom. The van der Waals surface area contributed by atoms with Gasteiger partial charge >= 0.3 is 64.5 Å². The Kier molecular flexibility index (Phi) is 3.50. The second kappa shape index (κ2) is 2.16. The summed E-state index contributed by atoms with van der Waals surface area (Å²) in [6.07, 6.45) is 0. The Balaban J connectivity index is 0. The molecule has 0 rings (SSSR count). The molecule has 0 spiro atoms. The fourth-order valence-electron chi connectivity index (χ4n) is 0. The molecule has 0 aromatic rings. The van der Waals surface area contributed by atoms with Crippen molar-refractivity contribution in [2.75, 3.05) is 0 Å². The molecule has 0 radical (unpaired) electrons. The van der Waals surface area contributed by atoms with Crippen molar-refractivity contribution >= 4 is 57.8 Å². The summed E-state index contributed by atoms with van der Waals surface area (Å²) in [5, 5.41) is 0. The van der Waals surface area contributed by atoms with Gasteiger partial charge in [-0.05, 0) is 0 Å². The van der Waals surface area contributed by atoms with Crippen LogP contribution in [0.15, 0.2) is 0 Å². The molecular weight excluding hydrogens is 417 g/mol. The van der Waals surface area contributed by atoms with Crippen LogP contribution in [-0.4, -0.2) is 0 Å². The Morgan fingerprint density at radius 2 is 0.625 bits per heavy atom. The van der Waals surface area contributed by atoms with E-state index >= 15 is 0 Å². The van der Waals surface area contributed by atoms with E-state index in [0.717, 1.165) is 0 Å². The van der Waals surface area contributed by atoms with E-state index in [1.54, 1.807) is 0 Å². The van der Waals surface area contributed by atoms with Crippen LogP contribution < -0.4 is 0 Å². The molecule has 0 amide bonds. The molecule has 0 heterocycles. The molecule has 0 aromatic heterocycles. The van der Waals surface area contributed by atoms with E-state index in [1.165, 1.54) is 0 Å². The molecule has 1 nitrogen and oxygen atoms in total. The number of hydrogen-bond acceptors (Lipinski definition) is 0. The summed E-state index contributed by atoms with van der Waals surface area (Å²) in [5.74, 6) is 0. The van der Waals surface area contributed by atoms with Crippen LogP contribution in [0, 0.1) is 0 Å². The fraction of sp³-hybridized carbons (Fsp3) is 0. The van der Waals surface area contributed by atoms with E-state index in [0.29, 0.717) is 0 Å². The largest absolute Gasteiger partial charge is 0.693 e. The molecule has 0 aromatic carbocycles. The third-order valence-electron chi connectivity index (χ3n) is 0. The Labute approximate surface area is 69.8 Å². The van der Waals surface area contributed by atoms with Crippen LogP contribution in [0.4, 0.5) is 0 Å². The zero-order valence-electron chi connectivity index (χ0n) is 3.20. The zero-order valence-corrected chi connectivity index (χ0v) is 10.3. The van der Waals surface area contributed by atoms with Crippen LogP contribution >= 0.6 is 57.8 Å². The standard InChI is InChI=1S/6ClH.H2N.Os/h6*1H;1H2;/q;;;;;;-1;+6/p-6. The zero-order chi connectivity index (χ0) is 6.41. The first kappa shape index (κ1) is 13.0. The van der Waals surface area contributed by atoms with Gasteiger partial charge in [0.15, 0.2) is 0 Å². The van der Waals surface area contributed by atoms with E-state index in [-0.39, 0.29) is 6.15 Å². The van der Waals surface area contributed by atoms with Crippen molar-refractivity contribution in [3.63, 3.8) is 0 Å². The third kappa shape index (κ3) is 82.2. The molecule has 0 bridgehead atoms. The van der Waals surface area contributed by atoms with Gasteiger partial charge in [-0.2, -0.15) is 0 Å². The van der Waals surface area contributed by atoms with Gasteiger partial charge in [0.1, 0.15) is 0 Å². The maximum atomic E-state index is 5.06. The van der Waals surface area contributed by atoms with Crippen molar-refractivity contribution in [3.05, 3.63) is 6.15 Å². The van der Waals surface area contributed by atoms with Crippen LogP contribution in [0.2, 0.25) is 0 Å². The molecule has 2 N–H and O–H groups in total. The van der Waals surface area contributed by atoms with Crippen LogP contribution in [0.5, 0.6) is 0 Å². The molecule has 0 saturated carbocycles. The van der Waals surface area contributed by atoms with Crippen LogP contribution in [0.1, 0.15) is 0 Å². The maximum absolute atomic E-state index is 5.38. The van der Waals surface area contributed by atoms with Crippen LogP contribution in [0.3, 0.4) is 0 Å². The molecule has 8 heteroatoms. The van der Waals surface area contributed by atoms with Crippen LogP contribution in [0.25, 0.3) is 6.15 Å². The van der Waals surface area contributed by atoms with E-state index < -0.39 is 6.64 Å². The van der Waals surface area contributed by atoms with Crippen molar-refractivity contribution < 1.29 is 6.64 Å². The van der Waals surface area contributed by atoms with Gasteiger partial charge in [0.25, 0.3) is 0 Å². The predicted octanol–water partition coefficient (Wildman–Crippen LogP) is 4.85. The van der Waals surface area contributed by atoms with E-state index in [9.17, 15) is 0 Å². The summed E-state index contributed by atoms with van der Waals surface area (Å²) in [4.78, 5) is 0. The quantitative estimate of drug-likeness (QED) is 0.538. The Bertz CT molecular complexity index is 67.1. The SMILES string of the molecule is [Cl][Os]([Cl])([Cl])([Cl])([Cl])[Cl].[NH2-]. The smallest absolute Gasteiger partial charge is 0.693 e. The number of halogens is 6. The third-order valence-corrected chi connectivity index (χ3v) is 0. The van der Waals surface area contributed by atoms with Gasteiger partial charge < -0.3 is 6.15 Å². The van der Waals surface area contributed by atoms with Gasteiger partial charge in [0, 0.05) is 0 Å². The molecule has 0 fully saturated rings. The summed E-state index contributed by atoms with van der Waals surface area (Å²) < 4.78 is 0. The summed E-state index contributed by atoms with van der Waals surface area (Å²) >= 11 is 0. The topological polar surface area (TPSA) is 33.5 Å². The molecule has 0 aliphatic heterocycles. The minimum absolute atomic E-state index is 0. The summed E-state index contributed by atoms with van der Waals surface area (Å²) in [7, 11) is 30.4. The van der Waals surface area contributed by atoms with Crippen molar-refractivity contribution in [3.8, 4) is 0 Å². The molecule has 0 aliphatic rings. The summed E-state index contributed by atoms with van der Waals surface area (Å²) in [6.45, 7) is -5.38. The second-order valence-corrected chi connectivity index (χ2v) is 55.8. The van der Waals surface area contributed by atoms with Crippen molar-refractivity contribution in [2.24, 2.45) is 0 Å².